The van der Waals surface area contributed by atoms with Gasteiger partial charge in [0.1, 0.15) is 10.8 Å². The number of fused-ring (bicyclic) bond motifs is 1. The molecule has 1 aromatic heterocycles. The molecule has 0 saturated heterocycles. The number of hydrogen-bond donors (Lipinski definition) is 0. The van der Waals surface area contributed by atoms with Gasteiger partial charge in [-0.2, -0.15) is 0 Å². The minimum atomic E-state index is -0.489. The molecule has 0 N–H and O–H groups in total. The SMILES string of the molecule is CC(C)(C)OC(=O)N1CCc2ncc(Cl)nc2C1. The molecule has 1 aromatic rings. The Balaban J connectivity index is 2.09. The molecule has 6 heteroatoms. The molecular weight excluding hydrogens is 254 g/mol. The second-order valence-electron chi connectivity index (χ2n) is 5.24. The molecule has 1 amide bonds. The van der Waals surface area contributed by atoms with E-state index in [1.807, 2.05) is 20.8 Å². The Morgan fingerprint density at radius 1 is 1.44 bits per heavy atom. The molecule has 5 nitrogen and oxygen atoms in total. The lowest BCUT2D eigenvalue weighted by Crippen LogP contribution is -2.40. The van der Waals surface area contributed by atoms with Crippen molar-refractivity contribution in [1.82, 2.24) is 14.9 Å². The van der Waals surface area contributed by atoms with E-state index in [-0.39, 0.29) is 6.09 Å². The highest BCUT2D eigenvalue weighted by Crippen LogP contribution is 2.19. The van der Waals surface area contributed by atoms with E-state index in [1.165, 1.54) is 6.20 Å². The predicted molar refractivity (Wildman–Crippen MR) is 67.4 cm³/mol. The van der Waals surface area contributed by atoms with E-state index in [2.05, 4.69) is 9.97 Å². The highest BCUT2D eigenvalue weighted by atomic mass is 35.5. The van der Waals surface area contributed by atoms with Crippen molar-refractivity contribution in [3.05, 3.63) is 22.7 Å². The van der Waals surface area contributed by atoms with Gasteiger partial charge in [-0.1, -0.05) is 11.6 Å². The Morgan fingerprint density at radius 2 is 2.17 bits per heavy atom. The summed E-state index contributed by atoms with van der Waals surface area (Å²) in [4.78, 5) is 22.0. The summed E-state index contributed by atoms with van der Waals surface area (Å²) in [5.74, 6) is 0. The van der Waals surface area contributed by atoms with Gasteiger partial charge in [-0.3, -0.25) is 4.98 Å². The van der Waals surface area contributed by atoms with Gasteiger partial charge in [0.05, 0.1) is 24.1 Å². The zero-order valence-electron chi connectivity index (χ0n) is 10.7. The summed E-state index contributed by atoms with van der Waals surface area (Å²) in [6.45, 7) is 6.54. The van der Waals surface area contributed by atoms with Gasteiger partial charge in [0.25, 0.3) is 0 Å². The Bertz CT molecular complexity index is 471. The van der Waals surface area contributed by atoms with E-state index in [0.29, 0.717) is 24.7 Å². The number of carbonyl (C=O) groups excluding carboxylic acids is 1. The molecule has 0 aromatic carbocycles. The van der Waals surface area contributed by atoms with E-state index in [1.54, 1.807) is 4.90 Å². The Labute approximate surface area is 111 Å². The van der Waals surface area contributed by atoms with Crippen LogP contribution >= 0.6 is 11.6 Å². The van der Waals surface area contributed by atoms with Crippen molar-refractivity contribution in [2.45, 2.75) is 39.3 Å². The van der Waals surface area contributed by atoms with Crippen LogP contribution in [-0.4, -0.2) is 33.1 Å². The minimum absolute atomic E-state index is 0.324. The van der Waals surface area contributed by atoms with Gasteiger partial charge in [-0.15, -0.1) is 0 Å². The van der Waals surface area contributed by atoms with E-state index in [9.17, 15) is 4.79 Å². The van der Waals surface area contributed by atoms with E-state index < -0.39 is 5.60 Å². The first kappa shape index (κ1) is 13.1. The maximum Gasteiger partial charge on any atom is 0.410 e. The van der Waals surface area contributed by atoms with Gasteiger partial charge in [-0.05, 0) is 20.8 Å². The van der Waals surface area contributed by atoms with Crippen molar-refractivity contribution in [3.8, 4) is 0 Å². The second-order valence-corrected chi connectivity index (χ2v) is 5.63. The zero-order chi connectivity index (χ0) is 13.3. The van der Waals surface area contributed by atoms with Gasteiger partial charge >= 0.3 is 6.09 Å². The van der Waals surface area contributed by atoms with Crippen molar-refractivity contribution in [2.75, 3.05) is 6.54 Å². The molecule has 0 spiro atoms. The van der Waals surface area contributed by atoms with Crippen molar-refractivity contribution >= 4 is 17.7 Å². The van der Waals surface area contributed by atoms with Gasteiger partial charge in [0.15, 0.2) is 0 Å². The topological polar surface area (TPSA) is 55.3 Å². The highest BCUT2D eigenvalue weighted by molar-refractivity contribution is 6.29. The molecule has 2 rings (SSSR count). The van der Waals surface area contributed by atoms with Crippen LogP contribution in [0.4, 0.5) is 4.79 Å². The molecule has 1 aliphatic rings. The standard InChI is InChI=1S/C12H16ClN3O2/c1-12(2,3)18-11(17)16-5-4-8-9(7-16)15-10(13)6-14-8/h6H,4-5,7H2,1-3H3. The van der Waals surface area contributed by atoms with Crippen LogP contribution in [0.5, 0.6) is 0 Å². The van der Waals surface area contributed by atoms with E-state index in [0.717, 1.165) is 11.4 Å². The van der Waals surface area contributed by atoms with Gasteiger partial charge < -0.3 is 9.64 Å². The molecule has 0 radical (unpaired) electrons. The van der Waals surface area contributed by atoms with Crippen molar-refractivity contribution in [1.29, 1.82) is 0 Å². The maximum atomic E-state index is 11.9. The summed E-state index contributed by atoms with van der Waals surface area (Å²) in [7, 11) is 0. The van der Waals surface area contributed by atoms with Crippen molar-refractivity contribution < 1.29 is 9.53 Å². The first-order valence-corrected chi connectivity index (χ1v) is 6.21. The Kier molecular flexibility index (Phi) is 3.43. The lowest BCUT2D eigenvalue weighted by atomic mass is 10.1. The summed E-state index contributed by atoms with van der Waals surface area (Å²) < 4.78 is 5.33. The quantitative estimate of drug-likeness (QED) is 0.726. The average Bonchev–Trinajstić information content (AvgIpc) is 2.25. The van der Waals surface area contributed by atoms with Crippen LogP contribution in [-0.2, 0) is 17.7 Å². The van der Waals surface area contributed by atoms with Crippen LogP contribution in [0.25, 0.3) is 0 Å². The zero-order valence-corrected chi connectivity index (χ0v) is 11.5. The third-order valence-electron chi connectivity index (χ3n) is 2.51. The van der Waals surface area contributed by atoms with Gasteiger partial charge in [-0.25, -0.2) is 9.78 Å². The van der Waals surface area contributed by atoms with Gasteiger partial charge in [0.2, 0.25) is 0 Å². The number of hydrogen-bond acceptors (Lipinski definition) is 4. The molecule has 0 bridgehead atoms. The van der Waals surface area contributed by atoms with Crippen LogP contribution in [0, 0.1) is 0 Å². The first-order chi connectivity index (χ1) is 8.35. The molecule has 1 aliphatic heterocycles. The Hall–Kier alpha value is -1.36. The molecule has 0 saturated carbocycles. The third-order valence-corrected chi connectivity index (χ3v) is 2.69. The van der Waals surface area contributed by atoms with Crippen molar-refractivity contribution in [3.63, 3.8) is 0 Å². The molecule has 0 fully saturated rings. The number of aromatic nitrogens is 2. The largest absolute Gasteiger partial charge is 0.444 e. The Morgan fingerprint density at radius 3 is 2.83 bits per heavy atom. The molecule has 0 unspecified atom stereocenters. The smallest absolute Gasteiger partial charge is 0.410 e. The second kappa shape index (κ2) is 4.72. The average molecular weight is 270 g/mol. The summed E-state index contributed by atoms with van der Waals surface area (Å²) in [6, 6.07) is 0. The molecule has 18 heavy (non-hydrogen) atoms. The molecule has 0 aliphatic carbocycles. The maximum absolute atomic E-state index is 11.9. The predicted octanol–water partition coefficient (Wildman–Crippen LogP) is 2.42. The highest BCUT2D eigenvalue weighted by Gasteiger charge is 2.26. The van der Waals surface area contributed by atoms with Gasteiger partial charge in [0, 0.05) is 13.0 Å². The fourth-order valence-electron chi connectivity index (χ4n) is 1.75. The number of amides is 1. The number of ether oxygens (including phenoxy) is 1. The lowest BCUT2D eigenvalue weighted by Gasteiger charge is -2.30. The monoisotopic (exact) mass is 269 g/mol. The summed E-state index contributed by atoms with van der Waals surface area (Å²) >= 11 is 5.80. The van der Waals surface area contributed by atoms with E-state index in [4.69, 9.17) is 16.3 Å². The van der Waals surface area contributed by atoms with Crippen LogP contribution in [0.1, 0.15) is 32.2 Å². The minimum Gasteiger partial charge on any atom is -0.444 e. The van der Waals surface area contributed by atoms with E-state index >= 15 is 0 Å². The van der Waals surface area contributed by atoms with Crippen LogP contribution in [0.15, 0.2) is 6.20 Å². The van der Waals surface area contributed by atoms with Crippen LogP contribution in [0.2, 0.25) is 5.15 Å². The number of nitrogens with zero attached hydrogens (tertiary/aromatic N) is 3. The number of halogens is 1. The fourth-order valence-corrected chi connectivity index (χ4v) is 1.90. The van der Waals surface area contributed by atoms with Crippen LogP contribution < -0.4 is 0 Å². The molecule has 0 atom stereocenters. The first-order valence-electron chi connectivity index (χ1n) is 5.83. The normalized spacial score (nSPS) is 15.2. The molecule has 2 heterocycles. The third kappa shape index (κ3) is 3.10. The number of carbonyl (C=O) groups is 1. The summed E-state index contributed by atoms with van der Waals surface area (Å²) in [5, 5.41) is 0.347. The summed E-state index contributed by atoms with van der Waals surface area (Å²) in [6.07, 6.45) is 1.89. The number of rotatable bonds is 0. The fraction of sp³-hybridized carbons (Fsp3) is 0.583. The van der Waals surface area contributed by atoms with Crippen molar-refractivity contribution in [2.24, 2.45) is 0 Å². The molecular formula is C12H16ClN3O2. The summed E-state index contributed by atoms with van der Waals surface area (Å²) in [5.41, 5.74) is 1.16. The molecule has 98 valence electrons. The lowest BCUT2D eigenvalue weighted by molar-refractivity contribution is 0.0219. The van der Waals surface area contributed by atoms with Crippen LogP contribution in [0.3, 0.4) is 0 Å².